The first kappa shape index (κ1) is 12.1. The maximum atomic E-state index is 11.6. The number of likely N-dealkylation sites (tertiary alicyclic amines) is 1. The van der Waals surface area contributed by atoms with Crippen molar-refractivity contribution in [1.82, 2.24) is 4.90 Å². The van der Waals surface area contributed by atoms with Gasteiger partial charge in [0.05, 0.1) is 0 Å². The van der Waals surface area contributed by atoms with Crippen molar-refractivity contribution >= 4 is 5.91 Å². The van der Waals surface area contributed by atoms with Crippen LogP contribution in [0.1, 0.15) is 23.1 Å². The van der Waals surface area contributed by atoms with E-state index in [2.05, 4.69) is 32.0 Å². The highest BCUT2D eigenvalue weighted by Crippen LogP contribution is 2.14. The molecule has 2 rings (SSSR count). The summed E-state index contributed by atoms with van der Waals surface area (Å²) >= 11 is 0. The lowest BCUT2D eigenvalue weighted by Gasteiger charge is -2.16. The lowest BCUT2D eigenvalue weighted by Crippen LogP contribution is -2.30. The van der Waals surface area contributed by atoms with Crippen molar-refractivity contribution in [3.63, 3.8) is 0 Å². The summed E-state index contributed by atoms with van der Waals surface area (Å²) in [4.78, 5) is 13.5. The average Bonchev–Trinajstić information content (AvgIpc) is 2.59. The van der Waals surface area contributed by atoms with E-state index in [9.17, 15) is 4.79 Å². The van der Waals surface area contributed by atoms with E-state index in [0.29, 0.717) is 13.0 Å². The van der Waals surface area contributed by atoms with Gasteiger partial charge in [-0.1, -0.05) is 23.8 Å². The van der Waals surface area contributed by atoms with Gasteiger partial charge in [-0.25, -0.2) is 0 Å². The van der Waals surface area contributed by atoms with Gasteiger partial charge in [0.1, 0.15) is 0 Å². The standard InChI is InChI=1S/C14H20N2O/c1-10-3-4-11(2)12(7-10)5-6-16-9-13(15)8-14(16)17/h3-4,7,13H,5-6,8-9,15H2,1-2H3. The van der Waals surface area contributed by atoms with Crippen LogP contribution in [0.4, 0.5) is 0 Å². The maximum Gasteiger partial charge on any atom is 0.224 e. The lowest BCUT2D eigenvalue weighted by atomic mass is 10.0. The van der Waals surface area contributed by atoms with E-state index in [1.165, 1.54) is 16.7 Å². The fourth-order valence-corrected chi connectivity index (χ4v) is 2.34. The number of rotatable bonds is 3. The van der Waals surface area contributed by atoms with Crippen LogP contribution in [0.25, 0.3) is 0 Å². The van der Waals surface area contributed by atoms with E-state index in [0.717, 1.165) is 13.0 Å². The van der Waals surface area contributed by atoms with Crippen molar-refractivity contribution in [2.24, 2.45) is 5.73 Å². The van der Waals surface area contributed by atoms with Gasteiger partial charge in [0.2, 0.25) is 5.91 Å². The first-order chi connectivity index (χ1) is 8.06. The van der Waals surface area contributed by atoms with Crippen molar-refractivity contribution < 1.29 is 4.79 Å². The highest BCUT2D eigenvalue weighted by atomic mass is 16.2. The summed E-state index contributed by atoms with van der Waals surface area (Å²) in [6.45, 7) is 5.71. The van der Waals surface area contributed by atoms with Crippen LogP contribution in [-0.4, -0.2) is 29.9 Å². The Morgan fingerprint density at radius 1 is 1.41 bits per heavy atom. The van der Waals surface area contributed by atoms with Crippen molar-refractivity contribution in [2.45, 2.75) is 32.7 Å². The van der Waals surface area contributed by atoms with E-state index in [4.69, 9.17) is 5.73 Å². The molecule has 0 bridgehead atoms. The van der Waals surface area contributed by atoms with Gasteiger partial charge in [0, 0.05) is 25.6 Å². The van der Waals surface area contributed by atoms with Crippen molar-refractivity contribution in [1.29, 1.82) is 0 Å². The van der Waals surface area contributed by atoms with Gasteiger partial charge in [-0.2, -0.15) is 0 Å². The van der Waals surface area contributed by atoms with E-state index >= 15 is 0 Å². The van der Waals surface area contributed by atoms with Crippen LogP contribution in [0.5, 0.6) is 0 Å². The molecule has 2 N–H and O–H groups in total. The first-order valence-corrected chi connectivity index (χ1v) is 6.16. The number of hydrogen-bond donors (Lipinski definition) is 1. The Kier molecular flexibility index (Phi) is 3.48. The summed E-state index contributed by atoms with van der Waals surface area (Å²) in [5.41, 5.74) is 9.68. The molecule has 0 aromatic heterocycles. The first-order valence-electron chi connectivity index (χ1n) is 6.16. The second kappa shape index (κ2) is 4.88. The van der Waals surface area contributed by atoms with Crippen LogP contribution in [0.15, 0.2) is 18.2 Å². The normalized spacial score (nSPS) is 20.1. The zero-order chi connectivity index (χ0) is 12.4. The molecule has 1 atom stereocenters. The molecular weight excluding hydrogens is 212 g/mol. The predicted molar refractivity (Wildman–Crippen MR) is 68.8 cm³/mol. The van der Waals surface area contributed by atoms with Crippen molar-refractivity contribution in [3.8, 4) is 0 Å². The Morgan fingerprint density at radius 2 is 2.18 bits per heavy atom. The van der Waals surface area contributed by atoms with Gasteiger partial charge < -0.3 is 10.6 Å². The summed E-state index contributed by atoms with van der Waals surface area (Å²) in [7, 11) is 0. The third-order valence-corrected chi connectivity index (χ3v) is 3.40. The molecule has 3 heteroatoms. The predicted octanol–water partition coefficient (Wildman–Crippen LogP) is 1.41. The lowest BCUT2D eigenvalue weighted by molar-refractivity contribution is -0.127. The second-order valence-electron chi connectivity index (χ2n) is 4.98. The molecule has 17 heavy (non-hydrogen) atoms. The Hall–Kier alpha value is -1.35. The molecule has 0 saturated carbocycles. The number of hydrogen-bond acceptors (Lipinski definition) is 2. The molecular formula is C14H20N2O. The quantitative estimate of drug-likeness (QED) is 0.856. The van der Waals surface area contributed by atoms with E-state index in [1.54, 1.807) is 0 Å². The number of nitrogens with zero attached hydrogens (tertiary/aromatic N) is 1. The highest BCUT2D eigenvalue weighted by Gasteiger charge is 2.26. The third-order valence-electron chi connectivity index (χ3n) is 3.40. The van der Waals surface area contributed by atoms with Crippen molar-refractivity contribution in [2.75, 3.05) is 13.1 Å². The summed E-state index contributed by atoms with van der Waals surface area (Å²) < 4.78 is 0. The molecule has 1 aromatic carbocycles. The number of benzene rings is 1. The fourth-order valence-electron chi connectivity index (χ4n) is 2.34. The van der Waals surface area contributed by atoms with Gasteiger partial charge >= 0.3 is 0 Å². The van der Waals surface area contributed by atoms with E-state index in [-0.39, 0.29) is 11.9 Å². The Labute approximate surface area is 103 Å². The number of amides is 1. The van der Waals surface area contributed by atoms with Crippen LogP contribution in [-0.2, 0) is 11.2 Å². The smallest absolute Gasteiger partial charge is 0.224 e. The topological polar surface area (TPSA) is 46.3 Å². The molecule has 1 fully saturated rings. The van der Waals surface area contributed by atoms with Crippen LogP contribution in [0, 0.1) is 13.8 Å². The molecule has 1 saturated heterocycles. The zero-order valence-corrected chi connectivity index (χ0v) is 10.6. The van der Waals surface area contributed by atoms with Crippen LogP contribution in [0.3, 0.4) is 0 Å². The molecule has 3 nitrogen and oxygen atoms in total. The molecule has 1 aliphatic rings. The summed E-state index contributed by atoms with van der Waals surface area (Å²) in [5.74, 6) is 0.197. The van der Waals surface area contributed by atoms with Crippen LogP contribution < -0.4 is 5.73 Å². The molecule has 0 spiro atoms. The number of carbonyl (C=O) groups excluding carboxylic acids is 1. The molecule has 0 aliphatic carbocycles. The third kappa shape index (κ3) is 2.86. The Bertz CT molecular complexity index is 428. The average molecular weight is 232 g/mol. The van der Waals surface area contributed by atoms with Gasteiger partial charge in [-0.05, 0) is 31.4 Å². The minimum absolute atomic E-state index is 0.0288. The molecule has 1 aliphatic heterocycles. The summed E-state index contributed by atoms with van der Waals surface area (Å²) in [6.07, 6.45) is 1.43. The summed E-state index contributed by atoms with van der Waals surface area (Å²) in [6, 6.07) is 6.49. The zero-order valence-electron chi connectivity index (χ0n) is 10.6. The number of nitrogens with two attached hydrogens (primary N) is 1. The fraction of sp³-hybridized carbons (Fsp3) is 0.500. The minimum atomic E-state index is 0.0288. The van der Waals surface area contributed by atoms with Gasteiger partial charge in [-0.15, -0.1) is 0 Å². The van der Waals surface area contributed by atoms with Gasteiger partial charge in [0.25, 0.3) is 0 Å². The highest BCUT2D eigenvalue weighted by molar-refractivity contribution is 5.79. The molecule has 1 amide bonds. The molecule has 1 aromatic rings. The molecule has 1 heterocycles. The number of carbonyl (C=O) groups is 1. The second-order valence-corrected chi connectivity index (χ2v) is 4.98. The largest absolute Gasteiger partial charge is 0.341 e. The SMILES string of the molecule is Cc1ccc(C)c(CCN2CC(N)CC2=O)c1. The molecule has 92 valence electrons. The maximum absolute atomic E-state index is 11.6. The van der Waals surface area contributed by atoms with Gasteiger partial charge in [-0.3, -0.25) is 4.79 Å². The molecule has 1 unspecified atom stereocenters. The van der Waals surface area contributed by atoms with Crippen LogP contribution in [0.2, 0.25) is 0 Å². The Morgan fingerprint density at radius 3 is 2.82 bits per heavy atom. The minimum Gasteiger partial charge on any atom is -0.341 e. The number of aryl methyl sites for hydroxylation is 2. The monoisotopic (exact) mass is 232 g/mol. The van der Waals surface area contributed by atoms with E-state index in [1.807, 2.05) is 4.90 Å². The van der Waals surface area contributed by atoms with Crippen LogP contribution >= 0.6 is 0 Å². The van der Waals surface area contributed by atoms with Gasteiger partial charge in [0.15, 0.2) is 0 Å². The molecule has 0 radical (unpaired) electrons. The van der Waals surface area contributed by atoms with Crippen molar-refractivity contribution in [3.05, 3.63) is 34.9 Å². The Balaban J connectivity index is 1.98. The summed E-state index contributed by atoms with van der Waals surface area (Å²) in [5, 5.41) is 0. The van der Waals surface area contributed by atoms with E-state index < -0.39 is 0 Å².